The Morgan fingerprint density at radius 3 is 3.05 bits per heavy atom. The number of ether oxygens (including phenoxy) is 1. The molecule has 2 fully saturated rings. The van der Waals surface area contributed by atoms with Crippen LogP contribution in [0.25, 0.3) is 0 Å². The minimum Gasteiger partial charge on any atom is -0.378 e. The topological polar surface area (TPSA) is 80.5 Å². The number of nitrogens with zero attached hydrogens (tertiary/aromatic N) is 3. The average Bonchev–Trinajstić information content (AvgIpc) is 2.65. The van der Waals surface area contributed by atoms with Gasteiger partial charge in [0.1, 0.15) is 0 Å². The molecular formula is C14H22N4O3. The Morgan fingerprint density at radius 2 is 2.24 bits per heavy atom. The van der Waals surface area contributed by atoms with Gasteiger partial charge in [-0.3, -0.25) is 9.69 Å². The number of rotatable bonds is 4. The summed E-state index contributed by atoms with van der Waals surface area (Å²) >= 11 is 0. The molecule has 0 unspecified atom stereocenters. The van der Waals surface area contributed by atoms with E-state index in [1.165, 1.54) is 0 Å². The van der Waals surface area contributed by atoms with Crippen LogP contribution in [-0.2, 0) is 22.5 Å². The molecule has 3 heterocycles. The first kappa shape index (κ1) is 14.5. The largest absolute Gasteiger partial charge is 0.378 e. The Kier molecular flexibility index (Phi) is 4.21. The lowest BCUT2D eigenvalue weighted by Gasteiger charge is -2.26. The van der Waals surface area contributed by atoms with E-state index in [9.17, 15) is 4.79 Å². The van der Waals surface area contributed by atoms with E-state index in [2.05, 4.69) is 34.2 Å². The van der Waals surface area contributed by atoms with Gasteiger partial charge in [0.2, 0.25) is 11.8 Å². The summed E-state index contributed by atoms with van der Waals surface area (Å²) in [6.45, 7) is 7.36. The first-order chi connectivity index (χ1) is 10.1. The van der Waals surface area contributed by atoms with Crippen molar-refractivity contribution in [2.75, 3.05) is 26.3 Å². The molecule has 2 aliphatic rings. The molecule has 2 saturated heterocycles. The van der Waals surface area contributed by atoms with Crippen molar-refractivity contribution in [2.24, 2.45) is 11.8 Å². The summed E-state index contributed by atoms with van der Waals surface area (Å²) in [5.74, 6) is 1.86. The number of carbonyl (C=O) groups excluding carboxylic acids is 1. The van der Waals surface area contributed by atoms with Gasteiger partial charge in [-0.1, -0.05) is 19.0 Å². The van der Waals surface area contributed by atoms with E-state index in [4.69, 9.17) is 9.26 Å². The van der Waals surface area contributed by atoms with Crippen LogP contribution in [0.15, 0.2) is 4.52 Å². The number of amides is 1. The Morgan fingerprint density at radius 1 is 1.38 bits per heavy atom. The molecule has 1 aromatic heterocycles. The summed E-state index contributed by atoms with van der Waals surface area (Å²) in [6.07, 6.45) is 0.798. The van der Waals surface area contributed by atoms with E-state index < -0.39 is 0 Å². The molecule has 0 radical (unpaired) electrons. The molecule has 7 heteroatoms. The van der Waals surface area contributed by atoms with Crippen molar-refractivity contribution < 1.29 is 14.1 Å². The van der Waals surface area contributed by atoms with Gasteiger partial charge in [0.25, 0.3) is 0 Å². The third kappa shape index (κ3) is 3.59. The van der Waals surface area contributed by atoms with Crippen molar-refractivity contribution in [1.82, 2.24) is 20.4 Å². The lowest BCUT2D eigenvalue weighted by Crippen LogP contribution is -2.41. The normalized spacial score (nSPS) is 26.7. The molecule has 1 amide bonds. The molecule has 21 heavy (non-hydrogen) atoms. The summed E-state index contributed by atoms with van der Waals surface area (Å²) in [5, 5.41) is 7.06. The third-order valence-electron chi connectivity index (χ3n) is 3.77. The van der Waals surface area contributed by atoms with Gasteiger partial charge in [-0.05, 0) is 5.92 Å². The van der Waals surface area contributed by atoms with Crippen molar-refractivity contribution in [3.8, 4) is 0 Å². The number of hydrogen-bond acceptors (Lipinski definition) is 6. The molecule has 2 bridgehead atoms. The number of aromatic nitrogens is 2. The second kappa shape index (κ2) is 6.11. The molecule has 0 spiro atoms. The summed E-state index contributed by atoms with van der Waals surface area (Å²) < 4.78 is 10.8. The fourth-order valence-corrected chi connectivity index (χ4v) is 2.84. The van der Waals surface area contributed by atoms with Crippen LogP contribution >= 0.6 is 0 Å². The third-order valence-corrected chi connectivity index (χ3v) is 3.77. The summed E-state index contributed by atoms with van der Waals surface area (Å²) in [4.78, 5) is 18.6. The van der Waals surface area contributed by atoms with Gasteiger partial charge >= 0.3 is 0 Å². The summed E-state index contributed by atoms with van der Waals surface area (Å²) in [5.41, 5.74) is 0. The van der Waals surface area contributed by atoms with Gasteiger partial charge < -0.3 is 14.6 Å². The van der Waals surface area contributed by atoms with Crippen LogP contribution < -0.4 is 5.32 Å². The predicted octanol–water partition coefficient (Wildman–Crippen LogP) is 0.215. The van der Waals surface area contributed by atoms with Crippen LogP contribution in [0.5, 0.6) is 0 Å². The van der Waals surface area contributed by atoms with Crippen LogP contribution in [0.3, 0.4) is 0 Å². The zero-order valence-electron chi connectivity index (χ0n) is 12.5. The van der Waals surface area contributed by atoms with Crippen LogP contribution in [-0.4, -0.2) is 53.3 Å². The maximum Gasteiger partial charge on any atom is 0.227 e. The molecule has 0 saturated carbocycles. The fraction of sp³-hybridized carbons (Fsp3) is 0.786. The van der Waals surface area contributed by atoms with E-state index in [1.54, 1.807) is 0 Å². The molecule has 0 aliphatic carbocycles. The maximum absolute atomic E-state index is 12.0. The van der Waals surface area contributed by atoms with Crippen molar-refractivity contribution in [2.45, 2.75) is 32.9 Å². The van der Waals surface area contributed by atoms with Gasteiger partial charge in [-0.2, -0.15) is 4.98 Å². The van der Waals surface area contributed by atoms with Gasteiger partial charge in [-0.25, -0.2) is 0 Å². The smallest absolute Gasteiger partial charge is 0.227 e. The highest BCUT2D eigenvalue weighted by molar-refractivity contribution is 5.79. The number of carbonyl (C=O) groups is 1. The zero-order valence-corrected chi connectivity index (χ0v) is 12.5. The average molecular weight is 294 g/mol. The molecule has 2 aliphatic heterocycles. The maximum atomic E-state index is 12.0. The van der Waals surface area contributed by atoms with Crippen LogP contribution in [0.2, 0.25) is 0 Å². The Hall–Kier alpha value is -1.47. The van der Waals surface area contributed by atoms with E-state index in [-0.39, 0.29) is 17.9 Å². The fourth-order valence-electron chi connectivity index (χ4n) is 2.84. The van der Waals surface area contributed by atoms with Gasteiger partial charge in [0, 0.05) is 19.5 Å². The number of nitrogens with one attached hydrogen (secondary N) is 1. The first-order valence-electron chi connectivity index (χ1n) is 7.52. The number of hydrogen-bond donors (Lipinski definition) is 1. The van der Waals surface area contributed by atoms with E-state index in [0.717, 1.165) is 13.0 Å². The van der Waals surface area contributed by atoms with E-state index in [0.29, 0.717) is 43.9 Å². The highest BCUT2D eigenvalue weighted by Gasteiger charge is 2.33. The van der Waals surface area contributed by atoms with Gasteiger partial charge in [0.05, 0.1) is 31.7 Å². The molecule has 7 nitrogen and oxygen atoms in total. The van der Waals surface area contributed by atoms with Crippen molar-refractivity contribution >= 4 is 5.91 Å². The minimum atomic E-state index is -0.112. The summed E-state index contributed by atoms with van der Waals surface area (Å²) in [6, 6.07) is 0.0482. The van der Waals surface area contributed by atoms with E-state index >= 15 is 0 Å². The highest BCUT2D eigenvalue weighted by atomic mass is 16.5. The Balaban J connectivity index is 1.64. The zero-order chi connectivity index (χ0) is 14.8. The monoisotopic (exact) mass is 294 g/mol. The molecule has 2 atom stereocenters. The standard InChI is InChI=1S/C14H22N4O3/c1-9(2)3-13-16-12(17-21-13)6-18-4-10-7-20-8-11(5-18)15-14(10)19/h9-11H,3-8H2,1-2H3,(H,15,19)/t10-,11+/m1/s1. The summed E-state index contributed by atoms with van der Waals surface area (Å²) in [7, 11) is 0. The van der Waals surface area contributed by atoms with Crippen molar-refractivity contribution in [1.29, 1.82) is 0 Å². The Labute approximate surface area is 124 Å². The van der Waals surface area contributed by atoms with Crippen LogP contribution in [0.1, 0.15) is 25.6 Å². The lowest BCUT2D eigenvalue weighted by atomic mass is 10.1. The Bertz CT molecular complexity index is 502. The van der Waals surface area contributed by atoms with Crippen LogP contribution in [0.4, 0.5) is 0 Å². The molecule has 1 aromatic rings. The molecule has 3 rings (SSSR count). The minimum absolute atomic E-state index is 0.0482. The second-order valence-corrected chi connectivity index (χ2v) is 6.34. The molecule has 0 aromatic carbocycles. The number of fused-ring (bicyclic) bond motifs is 3. The van der Waals surface area contributed by atoms with Crippen LogP contribution in [0, 0.1) is 11.8 Å². The lowest BCUT2D eigenvalue weighted by molar-refractivity contribution is -0.125. The van der Waals surface area contributed by atoms with Crippen molar-refractivity contribution in [3.63, 3.8) is 0 Å². The van der Waals surface area contributed by atoms with Gasteiger partial charge in [0.15, 0.2) is 5.82 Å². The quantitative estimate of drug-likeness (QED) is 0.855. The SMILES string of the molecule is CC(C)Cc1nc(CN2C[C@H]3COC[C@@H](C2)C(=O)N3)no1. The van der Waals surface area contributed by atoms with Gasteiger partial charge in [-0.15, -0.1) is 0 Å². The first-order valence-corrected chi connectivity index (χ1v) is 7.52. The van der Waals surface area contributed by atoms with Crippen molar-refractivity contribution in [3.05, 3.63) is 11.7 Å². The molecule has 1 N–H and O–H groups in total. The predicted molar refractivity (Wildman–Crippen MR) is 74.4 cm³/mol. The second-order valence-electron chi connectivity index (χ2n) is 6.34. The highest BCUT2D eigenvalue weighted by Crippen LogP contribution is 2.15. The molecular weight excluding hydrogens is 272 g/mol. The van der Waals surface area contributed by atoms with E-state index in [1.807, 2.05) is 0 Å². The molecule has 116 valence electrons.